The topological polar surface area (TPSA) is 12.9 Å². The fourth-order valence-electron chi connectivity index (χ4n) is 2.35. The fraction of sp³-hybridized carbons (Fsp3) is 0.214. The Morgan fingerprint density at radius 3 is 2.67 bits per heavy atom. The van der Waals surface area contributed by atoms with Gasteiger partial charge in [-0.05, 0) is 36.5 Å². The monoisotopic (exact) mass is 195 g/mol. The van der Waals surface area contributed by atoms with E-state index < -0.39 is 0 Å². The van der Waals surface area contributed by atoms with Crippen LogP contribution in [0.2, 0.25) is 0 Å². The number of aromatic nitrogens is 1. The maximum Gasteiger partial charge on any atom is 0.0736 e. The number of aryl methyl sites for hydroxylation is 1. The minimum absolute atomic E-state index is 1.19. The molecular weight excluding hydrogens is 182 g/mol. The van der Waals surface area contributed by atoms with Gasteiger partial charge in [0.15, 0.2) is 0 Å². The molecule has 74 valence electrons. The Morgan fingerprint density at radius 1 is 0.933 bits per heavy atom. The number of hydrogen-bond donors (Lipinski definition) is 0. The lowest BCUT2D eigenvalue weighted by atomic mass is 10.0. The highest BCUT2D eigenvalue weighted by atomic mass is 14.7. The number of benzene rings is 1. The third-order valence-corrected chi connectivity index (χ3v) is 3.07. The first-order chi connectivity index (χ1) is 7.45. The van der Waals surface area contributed by atoms with Crippen molar-refractivity contribution in [3.8, 4) is 11.3 Å². The van der Waals surface area contributed by atoms with Crippen LogP contribution in [0.25, 0.3) is 11.3 Å². The van der Waals surface area contributed by atoms with Crippen molar-refractivity contribution in [3.05, 3.63) is 53.7 Å². The van der Waals surface area contributed by atoms with Gasteiger partial charge in [0, 0.05) is 11.8 Å². The number of pyridine rings is 1. The second-order valence-corrected chi connectivity index (χ2v) is 4.02. The normalized spacial score (nSPS) is 13.9. The van der Waals surface area contributed by atoms with Crippen LogP contribution in [0.1, 0.15) is 17.5 Å². The average molecular weight is 195 g/mol. The first-order valence-electron chi connectivity index (χ1n) is 5.47. The van der Waals surface area contributed by atoms with Gasteiger partial charge in [-0.2, -0.15) is 0 Å². The Morgan fingerprint density at radius 2 is 1.80 bits per heavy atom. The summed E-state index contributed by atoms with van der Waals surface area (Å²) in [6.07, 6.45) is 5.62. The summed E-state index contributed by atoms with van der Waals surface area (Å²) in [6.45, 7) is 0. The summed E-state index contributed by atoms with van der Waals surface area (Å²) in [5.74, 6) is 0. The number of nitrogens with zero attached hydrogens (tertiary/aromatic N) is 1. The molecule has 15 heavy (non-hydrogen) atoms. The molecule has 1 aromatic carbocycles. The molecule has 0 aliphatic heterocycles. The summed E-state index contributed by atoms with van der Waals surface area (Å²) in [5.41, 5.74) is 5.38. The summed E-state index contributed by atoms with van der Waals surface area (Å²) in [6, 6.07) is 12.6. The van der Waals surface area contributed by atoms with Crippen molar-refractivity contribution in [1.29, 1.82) is 0 Å². The lowest BCUT2D eigenvalue weighted by Crippen LogP contribution is -1.91. The molecule has 1 aliphatic carbocycles. The molecule has 0 spiro atoms. The predicted octanol–water partition coefficient (Wildman–Crippen LogP) is 3.24. The molecule has 0 radical (unpaired) electrons. The highest BCUT2D eigenvalue weighted by molar-refractivity contribution is 5.65. The SMILES string of the molecule is c1ccc(-c2nccc3c2CCC3)cc1. The molecule has 1 nitrogen and oxygen atoms in total. The Balaban J connectivity index is 2.17. The van der Waals surface area contributed by atoms with Gasteiger partial charge < -0.3 is 0 Å². The second-order valence-electron chi connectivity index (χ2n) is 4.02. The maximum atomic E-state index is 4.52. The average Bonchev–Trinajstić information content (AvgIpc) is 2.78. The van der Waals surface area contributed by atoms with E-state index in [0.717, 1.165) is 0 Å². The number of fused-ring (bicyclic) bond motifs is 1. The van der Waals surface area contributed by atoms with Crippen molar-refractivity contribution >= 4 is 0 Å². The van der Waals surface area contributed by atoms with E-state index in [4.69, 9.17) is 0 Å². The third kappa shape index (κ3) is 1.44. The Kier molecular flexibility index (Phi) is 2.02. The molecule has 2 aromatic rings. The van der Waals surface area contributed by atoms with Gasteiger partial charge in [0.1, 0.15) is 0 Å². The van der Waals surface area contributed by atoms with E-state index in [1.165, 1.54) is 41.6 Å². The largest absolute Gasteiger partial charge is 0.256 e. The summed E-state index contributed by atoms with van der Waals surface area (Å²) < 4.78 is 0. The Bertz CT molecular complexity index is 474. The minimum atomic E-state index is 1.19. The van der Waals surface area contributed by atoms with E-state index in [0.29, 0.717) is 0 Å². The van der Waals surface area contributed by atoms with Gasteiger partial charge in [-0.25, -0.2) is 0 Å². The maximum absolute atomic E-state index is 4.52. The van der Waals surface area contributed by atoms with Crippen LogP contribution in [0.5, 0.6) is 0 Å². The highest BCUT2D eigenvalue weighted by Gasteiger charge is 2.15. The molecular formula is C14H13N. The van der Waals surface area contributed by atoms with Crippen LogP contribution >= 0.6 is 0 Å². The van der Waals surface area contributed by atoms with E-state index in [1.807, 2.05) is 12.3 Å². The van der Waals surface area contributed by atoms with Gasteiger partial charge in [-0.1, -0.05) is 30.3 Å². The molecule has 1 heterocycles. The highest BCUT2D eigenvalue weighted by Crippen LogP contribution is 2.30. The van der Waals surface area contributed by atoms with Crippen LogP contribution in [-0.2, 0) is 12.8 Å². The van der Waals surface area contributed by atoms with E-state index in [9.17, 15) is 0 Å². The first-order valence-corrected chi connectivity index (χ1v) is 5.47. The zero-order valence-corrected chi connectivity index (χ0v) is 8.61. The molecule has 1 aliphatic rings. The van der Waals surface area contributed by atoms with Crippen molar-refractivity contribution in [3.63, 3.8) is 0 Å². The molecule has 0 unspecified atom stereocenters. The van der Waals surface area contributed by atoms with Crippen molar-refractivity contribution in [2.24, 2.45) is 0 Å². The van der Waals surface area contributed by atoms with Crippen LogP contribution in [-0.4, -0.2) is 4.98 Å². The molecule has 0 N–H and O–H groups in total. The van der Waals surface area contributed by atoms with Crippen molar-refractivity contribution in [2.75, 3.05) is 0 Å². The zero-order valence-electron chi connectivity index (χ0n) is 8.61. The predicted molar refractivity (Wildman–Crippen MR) is 61.7 cm³/mol. The molecule has 0 saturated carbocycles. The van der Waals surface area contributed by atoms with Gasteiger partial charge in [-0.3, -0.25) is 4.98 Å². The molecule has 0 saturated heterocycles. The van der Waals surface area contributed by atoms with Crippen LogP contribution < -0.4 is 0 Å². The van der Waals surface area contributed by atoms with Gasteiger partial charge in [0.25, 0.3) is 0 Å². The van der Waals surface area contributed by atoms with E-state index in [1.54, 1.807) is 0 Å². The van der Waals surface area contributed by atoms with Gasteiger partial charge in [0.2, 0.25) is 0 Å². The lowest BCUT2D eigenvalue weighted by molar-refractivity contribution is 0.911. The van der Waals surface area contributed by atoms with E-state index in [-0.39, 0.29) is 0 Å². The fourth-order valence-corrected chi connectivity index (χ4v) is 2.35. The molecule has 0 amide bonds. The quantitative estimate of drug-likeness (QED) is 0.680. The molecule has 0 fully saturated rings. The molecule has 0 atom stereocenters. The van der Waals surface area contributed by atoms with Gasteiger partial charge in [-0.15, -0.1) is 0 Å². The Labute approximate surface area is 89.8 Å². The van der Waals surface area contributed by atoms with Crippen LogP contribution in [0.15, 0.2) is 42.6 Å². The second kappa shape index (κ2) is 3.50. The summed E-state index contributed by atoms with van der Waals surface area (Å²) >= 11 is 0. The molecule has 1 aromatic heterocycles. The van der Waals surface area contributed by atoms with Crippen molar-refractivity contribution in [1.82, 2.24) is 4.98 Å². The standard InChI is InChI=1S/C14H13N/c1-2-5-12(6-3-1)14-13-8-4-7-11(13)9-10-15-14/h1-3,5-6,9-10H,4,7-8H2. The smallest absolute Gasteiger partial charge is 0.0736 e. The van der Waals surface area contributed by atoms with Crippen LogP contribution in [0.4, 0.5) is 0 Å². The molecule has 0 bridgehead atoms. The zero-order chi connectivity index (χ0) is 10.1. The van der Waals surface area contributed by atoms with Gasteiger partial charge >= 0.3 is 0 Å². The summed E-state index contributed by atoms with van der Waals surface area (Å²) in [5, 5.41) is 0. The van der Waals surface area contributed by atoms with E-state index in [2.05, 4.69) is 35.3 Å². The van der Waals surface area contributed by atoms with Crippen molar-refractivity contribution < 1.29 is 0 Å². The Hall–Kier alpha value is -1.63. The lowest BCUT2D eigenvalue weighted by Gasteiger charge is -2.06. The van der Waals surface area contributed by atoms with Crippen LogP contribution in [0, 0.1) is 0 Å². The van der Waals surface area contributed by atoms with Crippen LogP contribution in [0.3, 0.4) is 0 Å². The number of hydrogen-bond acceptors (Lipinski definition) is 1. The molecule has 1 heteroatoms. The first kappa shape index (κ1) is 8.66. The van der Waals surface area contributed by atoms with Gasteiger partial charge in [0.05, 0.1) is 5.69 Å². The third-order valence-electron chi connectivity index (χ3n) is 3.07. The van der Waals surface area contributed by atoms with Crippen molar-refractivity contribution in [2.45, 2.75) is 19.3 Å². The minimum Gasteiger partial charge on any atom is -0.256 e. The summed E-state index contributed by atoms with van der Waals surface area (Å²) in [4.78, 5) is 4.52. The number of rotatable bonds is 1. The summed E-state index contributed by atoms with van der Waals surface area (Å²) in [7, 11) is 0. The van der Waals surface area contributed by atoms with E-state index >= 15 is 0 Å². The molecule has 3 rings (SSSR count).